The molecule has 33 heavy (non-hydrogen) atoms. The predicted molar refractivity (Wildman–Crippen MR) is 127 cm³/mol. The minimum absolute atomic E-state index is 0.218. The molecule has 5 rings (SSSR count). The lowest BCUT2D eigenvalue weighted by molar-refractivity contribution is 0.102. The molecule has 3 aromatic heterocycles. The fourth-order valence-corrected chi connectivity index (χ4v) is 3.15. The van der Waals surface area contributed by atoms with E-state index in [1.54, 1.807) is 42.9 Å². The van der Waals surface area contributed by atoms with Crippen molar-refractivity contribution in [2.24, 2.45) is 0 Å². The summed E-state index contributed by atoms with van der Waals surface area (Å²) in [7, 11) is 0. The molecule has 0 spiro atoms. The van der Waals surface area contributed by atoms with Gasteiger partial charge in [-0.3, -0.25) is 14.8 Å². The maximum atomic E-state index is 12.6. The molecular formula is C24H18N8O. The third kappa shape index (κ3) is 4.88. The van der Waals surface area contributed by atoms with E-state index in [2.05, 4.69) is 40.9 Å². The molecule has 0 aliphatic carbocycles. The fraction of sp³-hybridized carbons (Fsp3) is 0. The predicted octanol–water partition coefficient (Wildman–Crippen LogP) is 4.55. The molecule has 0 unspecified atom stereocenters. The molecule has 0 aliphatic heterocycles. The van der Waals surface area contributed by atoms with E-state index < -0.39 is 0 Å². The molecule has 0 bridgehead atoms. The van der Waals surface area contributed by atoms with Gasteiger partial charge in [0.05, 0.1) is 11.0 Å². The molecule has 3 N–H and O–H groups in total. The van der Waals surface area contributed by atoms with Gasteiger partial charge in [-0.05, 0) is 54.6 Å². The average molecular weight is 434 g/mol. The van der Waals surface area contributed by atoms with Gasteiger partial charge >= 0.3 is 0 Å². The number of fused-ring (bicyclic) bond motifs is 1. The molecule has 9 nitrogen and oxygen atoms in total. The number of hydrogen-bond acceptors (Lipinski definition) is 8. The largest absolute Gasteiger partial charge is 0.340 e. The molecule has 5 aromatic rings. The number of carbonyl (C=O) groups excluding carboxylic acids is 1. The number of nitrogens with zero attached hydrogens (tertiary/aromatic N) is 5. The van der Waals surface area contributed by atoms with Gasteiger partial charge in [0.1, 0.15) is 23.8 Å². The van der Waals surface area contributed by atoms with Crippen LogP contribution >= 0.6 is 0 Å². The number of anilines is 5. The molecular weight excluding hydrogens is 416 g/mol. The van der Waals surface area contributed by atoms with E-state index in [1.807, 2.05) is 42.5 Å². The Balaban J connectivity index is 1.24. The van der Waals surface area contributed by atoms with Crippen molar-refractivity contribution in [2.45, 2.75) is 0 Å². The first-order valence-corrected chi connectivity index (χ1v) is 10.1. The minimum atomic E-state index is -0.218. The number of hydrogen-bond donors (Lipinski definition) is 3. The van der Waals surface area contributed by atoms with E-state index in [-0.39, 0.29) is 5.91 Å². The first-order valence-electron chi connectivity index (χ1n) is 10.1. The van der Waals surface area contributed by atoms with Crippen molar-refractivity contribution in [1.29, 1.82) is 0 Å². The van der Waals surface area contributed by atoms with Crippen molar-refractivity contribution in [1.82, 2.24) is 24.9 Å². The van der Waals surface area contributed by atoms with Gasteiger partial charge in [-0.2, -0.15) is 0 Å². The Hall–Kier alpha value is -4.92. The molecule has 0 saturated heterocycles. The van der Waals surface area contributed by atoms with Crippen LogP contribution in [0.2, 0.25) is 0 Å². The number of pyridine rings is 1. The number of nitrogens with one attached hydrogen (secondary N) is 3. The summed E-state index contributed by atoms with van der Waals surface area (Å²) in [5.41, 5.74) is 3.42. The Kier molecular flexibility index (Phi) is 5.50. The smallest absolute Gasteiger partial charge is 0.255 e. The highest BCUT2D eigenvalue weighted by Gasteiger charge is 2.08. The molecule has 0 atom stereocenters. The molecule has 0 radical (unpaired) electrons. The van der Waals surface area contributed by atoms with Gasteiger partial charge in [-0.1, -0.05) is 6.07 Å². The third-order valence-corrected chi connectivity index (χ3v) is 4.73. The van der Waals surface area contributed by atoms with Gasteiger partial charge in [-0.25, -0.2) is 15.0 Å². The second-order valence-electron chi connectivity index (χ2n) is 7.04. The monoisotopic (exact) mass is 434 g/mol. The molecule has 1 amide bonds. The number of amides is 1. The van der Waals surface area contributed by atoms with Crippen LogP contribution in [0.1, 0.15) is 10.4 Å². The van der Waals surface area contributed by atoms with Gasteiger partial charge in [0, 0.05) is 41.6 Å². The molecule has 0 aliphatic rings. The highest BCUT2D eigenvalue weighted by molar-refractivity contribution is 6.05. The molecule has 160 valence electrons. The van der Waals surface area contributed by atoms with Gasteiger partial charge in [-0.15, -0.1) is 0 Å². The summed E-state index contributed by atoms with van der Waals surface area (Å²) in [5, 5.41) is 9.25. The van der Waals surface area contributed by atoms with Gasteiger partial charge < -0.3 is 16.0 Å². The summed E-state index contributed by atoms with van der Waals surface area (Å²) in [6.07, 6.45) is 6.40. The Bertz CT molecular complexity index is 1410. The highest BCUT2D eigenvalue weighted by atomic mass is 16.1. The second kappa shape index (κ2) is 9.06. The highest BCUT2D eigenvalue weighted by Crippen LogP contribution is 2.21. The normalized spacial score (nSPS) is 10.5. The lowest BCUT2D eigenvalue weighted by atomic mass is 10.1. The lowest BCUT2D eigenvalue weighted by Crippen LogP contribution is -2.11. The zero-order valence-electron chi connectivity index (χ0n) is 17.3. The molecule has 0 saturated carbocycles. The molecule has 0 fully saturated rings. The van der Waals surface area contributed by atoms with Crippen LogP contribution in [0.3, 0.4) is 0 Å². The van der Waals surface area contributed by atoms with Crippen LogP contribution in [0.25, 0.3) is 11.0 Å². The average Bonchev–Trinajstić information content (AvgIpc) is 2.86. The van der Waals surface area contributed by atoms with E-state index in [9.17, 15) is 4.79 Å². The SMILES string of the molecule is O=C(Nc1ccc(Nc2cc(Nc3ccccn3)ncn2)cc1)c1ccc2nccnc2c1. The number of rotatable bonds is 6. The topological polar surface area (TPSA) is 118 Å². The van der Waals surface area contributed by atoms with Crippen LogP contribution in [0.5, 0.6) is 0 Å². The first-order chi connectivity index (χ1) is 16.2. The maximum Gasteiger partial charge on any atom is 0.255 e. The van der Waals surface area contributed by atoms with Crippen LogP contribution in [-0.2, 0) is 0 Å². The van der Waals surface area contributed by atoms with Crippen LogP contribution in [0.15, 0.2) is 91.6 Å². The summed E-state index contributed by atoms with van der Waals surface area (Å²) in [6, 6.07) is 20.0. The van der Waals surface area contributed by atoms with E-state index in [4.69, 9.17) is 0 Å². The van der Waals surface area contributed by atoms with Crippen molar-refractivity contribution < 1.29 is 4.79 Å². The summed E-state index contributed by atoms with van der Waals surface area (Å²) < 4.78 is 0. The number of aromatic nitrogens is 5. The van der Waals surface area contributed by atoms with E-state index in [1.165, 1.54) is 6.33 Å². The van der Waals surface area contributed by atoms with Crippen molar-refractivity contribution in [3.05, 3.63) is 97.2 Å². The standard InChI is InChI=1S/C24H18N8O/c33-24(16-4-9-19-20(13-16)26-12-11-25-19)31-18-7-5-17(6-8-18)30-22-14-23(29-15-28-22)32-21-3-1-2-10-27-21/h1-15H,(H,31,33)(H2,27,28,29,30,32). The first kappa shape index (κ1) is 20.0. The van der Waals surface area contributed by atoms with E-state index >= 15 is 0 Å². The third-order valence-electron chi connectivity index (χ3n) is 4.73. The zero-order valence-corrected chi connectivity index (χ0v) is 17.3. The van der Waals surface area contributed by atoms with Crippen LogP contribution in [-0.4, -0.2) is 30.8 Å². The van der Waals surface area contributed by atoms with Gasteiger partial charge in [0.25, 0.3) is 5.91 Å². The molecule has 9 heteroatoms. The fourth-order valence-electron chi connectivity index (χ4n) is 3.15. The van der Waals surface area contributed by atoms with Crippen LogP contribution in [0, 0.1) is 0 Å². The Morgan fingerprint density at radius 1 is 0.606 bits per heavy atom. The Labute approximate surface area is 189 Å². The van der Waals surface area contributed by atoms with Crippen molar-refractivity contribution in [3.8, 4) is 0 Å². The van der Waals surface area contributed by atoms with E-state index in [0.29, 0.717) is 34.2 Å². The molecule has 2 aromatic carbocycles. The summed E-state index contributed by atoms with van der Waals surface area (Å²) >= 11 is 0. The Morgan fingerprint density at radius 3 is 2.15 bits per heavy atom. The zero-order chi connectivity index (χ0) is 22.5. The van der Waals surface area contributed by atoms with E-state index in [0.717, 1.165) is 11.2 Å². The summed E-state index contributed by atoms with van der Waals surface area (Å²) in [5.74, 6) is 1.72. The molecule has 3 heterocycles. The number of carbonyl (C=O) groups is 1. The lowest BCUT2D eigenvalue weighted by Gasteiger charge is -2.10. The van der Waals surface area contributed by atoms with Crippen molar-refractivity contribution >= 4 is 45.8 Å². The van der Waals surface area contributed by atoms with Gasteiger partial charge in [0.2, 0.25) is 0 Å². The Morgan fingerprint density at radius 2 is 1.36 bits per heavy atom. The quantitative estimate of drug-likeness (QED) is 0.356. The second-order valence-corrected chi connectivity index (χ2v) is 7.04. The van der Waals surface area contributed by atoms with Crippen molar-refractivity contribution in [3.63, 3.8) is 0 Å². The van der Waals surface area contributed by atoms with Crippen LogP contribution in [0.4, 0.5) is 28.8 Å². The number of benzene rings is 2. The summed E-state index contributed by atoms with van der Waals surface area (Å²) in [4.78, 5) is 33.8. The maximum absolute atomic E-state index is 12.6. The minimum Gasteiger partial charge on any atom is -0.340 e. The van der Waals surface area contributed by atoms with Gasteiger partial charge in [0.15, 0.2) is 0 Å². The summed E-state index contributed by atoms with van der Waals surface area (Å²) in [6.45, 7) is 0. The van der Waals surface area contributed by atoms with Crippen LogP contribution < -0.4 is 16.0 Å². The van der Waals surface area contributed by atoms with Crippen molar-refractivity contribution in [2.75, 3.05) is 16.0 Å².